The second-order valence-electron chi connectivity index (χ2n) is 9.10. The number of carbonyl (C=O) groups excluding carboxylic acids is 2. The number of ether oxygens (including phenoxy) is 1. The van der Waals surface area contributed by atoms with Gasteiger partial charge >= 0.3 is 6.09 Å². The Bertz CT molecular complexity index is 1270. The highest BCUT2D eigenvalue weighted by Crippen LogP contribution is 2.44. The lowest BCUT2D eigenvalue weighted by molar-refractivity contribution is 0.102. The number of rotatable bonds is 5. The summed E-state index contributed by atoms with van der Waals surface area (Å²) in [6, 6.07) is 4.71. The van der Waals surface area contributed by atoms with E-state index in [4.69, 9.17) is 16.3 Å². The minimum atomic E-state index is -3.97. The van der Waals surface area contributed by atoms with Crippen LogP contribution in [0.5, 0.6) is 0 Å². The van der Waals surface area contributed by atoms with E-state index in [-0.39, 0.29) is 39.0 Å². The molecule has 0 saturated heterocycles. The standard InChI is InChI=1S/C24H24ClF3N2O5S/c1-35-24(32)30-22-12-3-2-4-13(22)8-16(7-12)36(33,34)20-9-14(5-6-17(20)25)23(31)29-15-10-18(26)21(28)19(27)11-15/h5-6,9-13,16,22H,2-4,7-8H2,1H3,(H,29,31)(H,30,32). The van der Waals surface area contributed by atoms with Gasteiger partial charge in [-0.15, -0.1) is 0 Å². The maximum atomic E-state index is 13.6. The number of hydrogen-bond acceptors (Lipinski definition) is 5. The molecule has 2 saturated carbocycles. The number of fused-ring (bicyclic) bond motifs is 2. The molecule has 2 atom stereocenters. The first-order valence-corrected chi connectivity index (χ1v) is 13.3. The second kappa shape index (κ2) is 10.3. The maximum absolute atomic E-state index is 13.6. The minimum Gasteiger partial charge on any atom is -0.453 e. The van der Waals surface area contributed by atoms with Crippen LogP contribution in [0.25, 0.3) is 0 Å². The molecular formula is C24H24ClF3N2O5S. The molecule has 2 aromatic rings. The number of alkyl carbamates (subject to hydrolysis) is 1. The van der Waals surface area contributed by atoms with Crippen LogP contribution in [-0.2, 0) is 14.6 Å². The topological polar surface area (TPSA) is 102 Å². The van der Waals surface area contributed by atoms with Crippen molar-refractivity contribution < 1.29 is 35.9 Å². The lowest BCUT2D eigenvalue weighted by atomic mass is 9.68. The minimum absolute atomic E-state index is 0.0510. The van der Waals surface area contributed by atoms with Crippen molar-refractivity contribution in [2.24, 2.45) is 11.8 Å². The summed E-state index contributed by atoms with van der Waals surface area (Å²) in [7, 11) is -2.69. The Kier molecular flexibility index (Phi) is 7.51. The van der Waals surface area contributed by atoms with Crippen LogP contribution in [0.2, 0.25) is 5.02 Å². The van der Waals surface area contributed by atoms with Gasteiger partial charge in [0.2, 0.25) is 0 Å². The maximum Gasteiger partial charge on any atom is 0.407 e. The number of hydrogen-bond donors (Lipinski definition) is 2. The van der Waals surface area contributed by atoms with Gasteiger partial charge in [0.15, 0.2) is 27.3 Å². The first-order valence-electron chi connectivity index (χ1n) is 11.3. The molecule has 0 radical (unpaired) electrons. The predicted octanol–water partition coefficient (Wildman–Crippen LogP) is 5.09. The average molecular weight is 545 g/mol. The number of anilines is 1. The molecular weight excluding hydrogens is 521 g/mol. The third kappa shape index (κ3) is 5.17. The third-order valence-electron chi connectivity index (χ3n) is 6.95. The molecule has 2 aliphatic rings. The van der Waals surface area contributed by atoms with Crippen molar-refractivity contribution in [1.29, 1.82) is 0 Å². The second-order valence-corrected chi connectivity index (χ2v) is 11.7. The molecule has 36 heavy (non-hydrogen) atoms. The van der Waals surface area contributed by atoms with Gasteiger partial charge in [-0.05, 0) is 55.7 Å². The first-order chi connectivity index (χ1) is 17.0. The summed E-state index contributed by atoms with van der Waals surface area (Å²) < 4.78 is 72.1. The molecule has 2 fully saturated rings. The van der Waals surface area contributed by atoms with E-state index in [1.54, 1.807) is 0 Å². The Morgan fingerprint density at radius 2 is 1.64 bits per heavy atom. The summed E-state index contributed by atoms with van der Waals surface area (Å²) in [5.41, 5.74) is -0.440. The molecule has 0 aromatic heterocycles. The van der Waals surface area contributed by atoms with Gasteiger partial charge in [0.05, 0.1) is 22.3 Å². The van der Waals surface area contributed by atoms with Crippen LogP contribution in [0.4, 0.5) is 23.7 Å². The van der Waals surface area contributed by atoms with E-state index < -0.39 is 44.5 Å². The highest BCUT2D eigenvalue weighted by atomic mass is 35.5. The normalized spacial score (nSPS) is 23.6. The summed E-state index contributed by atoms with van der Waals surface area (Å²) in [6.45, 7) is 0. The van der Waals surface area contributed by atoms with Gasteiger partial charge in [-0.2, -0.15) is 0 Å². The number of sulfone groups is 1. The largest absolute Gasteiger partial charge is 0.453 e. The van der Waals surface area contributed by atoms with Crippen molar-refractivity contribution in [2.75, 3.05) is 12.4 Å². The highest BCUT2D eigenvalue weighted by Gasteiger charge is 2.46. The molecule has 2 aliphatic carbocycles. The zero-order valence-electron chi connectivity index (χ0n) is 19.2. The van der Waals surface area contributed by atoms with Crippen LogP contribution < -0.4 is 10.6 Å². The van der Waals surface area contributed by atoms with Gasteiger partial charge in [-0.25, -0.2) is 26.4 Å². The summed E-state index contributed by atoms with van der Waals surface area (Å²) in [5, 5.41) is 4.24. The molecule has 7 nitrogen and oxygen atoms in total. The lowest BCUT2D eigenvalue weighted by Gasteiger charge is -2.45. The molecule has 0 heterocycles. The Morgan fingerprint density at radius 3 is 2.22 bits per heavy atom. The number of benzene rings is 2. The molecule has 2 N–H and O–H groups in total. The molecule has 2 amide bonds. The fourth-order valence-electron chi connectivity index (χ4n) is 5.24. The van der Waals surface area contributed by atoms with Crippen molar-refractivity contribution >= 4 is 39.1 Å². The fourth-order valence-corrected chi connectivity index (χ4v) is 7.68. The van der Waals surface area contributed by atoms with Crippen LogP contribution >= 0.6 is 11.6 Å². The van der Waals surface area contributed by atoms with E-state index in [1.807, 2.05) is 0 Å². The molecule has 2 unspecified atom stereocenters. The van der Waals surface area contributed by atoms with Crippen LogP contribution in [0.3, 0.4) is 0 Å². The third-order valence-corrected chi connectivity index (χ3v) is 9.60. The van der Waals surface area contributed by atoms with Gasteiger partial charge in [0, 0.05) is 29.4 Å². The van der Waals surface area contributed by atoms with Crippen molar-refractivity contribution in [3.8, 4) is 0 Å². The molecule has 0 aliphatic heterocycles. The summed E-state index contributed by atoms with van der Waals surface area (Å²) in [6.07, 6.45) is 2.53. The average Bonchev–Trinajstić information content (AvgIpc) is 2.82. The summed E-state index contributed by atoms with van der Waals surface area (Å²) >= 11 is 6.24. The smallest absolute Gasteiger partial charge is 0.407 e. The lowest BCUT2D eigenvalue weighted by Crippen LogP contribution is -2.53. The number of nitrogens with one attached hydrogen (secondary N) is 2. The van der Waals surface area contributed by atoms with E-state index in [0.717, 1.165) is 25.3 Å². The molecule has 2 bridgehead atoms. The van der Waals surface area contributed by atoms with Gasteiger partial charge in [-0.3, -0.25) is 4.79 Å². The Balaban J connectivity index is 1.57. The Hall–Kier alpha value is -2.79. The molecule has 0 spiro atoms. The van der Waals surface area contributed by atoms with Crippen LogP contribution in [-0.4, -0.2) is 38.8 Å². The van der Waals surface area contributed by atoms with Crippen molar-refractivity contribution in [1.82, 2.24) is 5.32 Å². The van der Waals surface area contributed by atoms with E-state index in [2.05, 4.69) is 10.6 Å². The Morgan fingerprint density at radius 1 is 1.03 bits per heavy atom. The zero-order valence-corrected chi connectivity index (χ0v) is 20.8. The van der Waals surface area contributed by atoms with Crippen LogP contribution in [0.1, 0.15) is 42.5 Å². The number of methoxy groups -OCH3 is 1. The monoisotopic (exact) mass is 544 g/mol. The molecule has 2 aromatic carbocycles. The number of halogens is 4. The summed E-state index contributed by atoms with van der Waals surface area (Å²) in [5.74, 6) is -5.58. The van der Waals surface area contributed by atoms with Crippen molar-refractivity contribution in [3.05, 3.63) is 58.4 Å². The summed E-state index contributed by atoms with van der Waals surface area (Å²) in [4.78, 5) is 24.2. The zero-order chi connectivity index (χ0) is 26.2. The van der Waals surface area contributed by atoms with Crippen molar-refractivity contribution in [3.63, 3.8) is 0 Å². The van der Waals surface area contributed by atoms with Crippen LogP contribution in [0.15, 0.2) is 35.2 Å². The highest BCUT2D eigenvalue weighted by molar-refractivity contribution is 7.92. The number of carbonyl (C=O) groups is 2. The van der Waals surface area contributed by atoms with E-state index >= 15 is 0 Å². The van der Waals surface area contributed by atoms with E-state index in [0.29, 0.717) is 25.0 Å². The van der Waals surface area contributed by atoms with Gasteiger partial charge in [0.1, 0.15) is 0 Å². The SMILES string of the molecule is COC(=O)NC1C2CCCC1CC(S(=O)(=O)c1cc(C(=O)Nc3cc(F)c(F)c(F)c3)ccc1Cl)C2. The quantitative estimate of drug-likeness (QED) is 0.511. The van der Waals surface area contributed by atoms with Gasteiger partial charge < -0.3 is 15.4 Å². The van der Waals surface area contributed by atoms with Crippen LogP contribution in [0, 0.1) is 29.3 Å². The van der Waals surface area contributed by atoms with Gasteiger partial charge in [-0.1, -0.05) is 18.0 Å². The molecule has 194 valence electrons. The van der Waals surface area contributed by atoms with E-state index in [1.165, 1.54) is 19.2 Å². The van der Waals surface area contributed by atoms with E-state index in [9.17, 15) is 31.2 Å². The molecule has 4 rings (SSSR count). The predicted molar refractivity (Wildman–Crippen MR) is 126 cm³/mol. The number of amides is 2. The first kappa shape index (κ1) is 26.3. The van der Waals surface area contributed by atoms with Crippen molar-refractivity contribution in [2.45, 2.75) is 48.3 Å². The Labute approximate surface area is 211 Å². The molecule has 12 heteroatoms. The fraction of sp³-hybridized carbons (Fsp3) is 0.417. The van der Waals surface area contributed by atoms with Gasteiger partial charge in [0.25, 0.3) is 5.91 Å².